The number of nitro groups is 1. The average Bonchev–Trinajstić information content (AvgIpc) is 2.41. The first-order valence-electron chi connectivity index (χ1n) is 5.24. The van der Waals surface area contributed by atoms with Gasteiger partial charge >= 0.3 is 5.69 Å². The molecule has 0 unspecified atom stereocenters. The van der Waals surface area contributed by atoms with Gasteiger partial charge in [0.1, 0.15) is 5.82 Å². The number of hydrogen-bond acceptors (Lipinski definition) is 3. The Hall–Kier alpha value is -2.63. The summed E-state index contributed by atoms with van der Waals surface area (Å²) in [6.07, 6.45) is 0. The Labute approximate surface area is 106 Å². The first-order valence-corrected chi connectivity index (χ1v) is 5.24. The SMILES string of the molecule is O=C(c1ccccc1)c1cc(F)c([N+](=O)[O-])cc1F. The van der Waals surface area contributed by atoms with Crippen LogP contribution in [-0.4, -0.2) is 10.7 Å². The minimum Gasteiger partial charge on any atom is -0.288 e. The largest absolute Gasteiger partial charge is 0.307 e. The van der Waals surface area contributed by atoms with E-state index in [1.54, 1.807) is 18.2 Å². The van der Waals surface area contributed by atoms with E-state index in [0.29, 0.717) is 12.1 Å². The van der Waals surface area contributed by atoms with Crippen molar-refractivity contribution in [2.75, 3.05) is 0 Å². The fourth-order valence-corrected chi connectivity index (χ4v) is 1.60. The molecule has 0 N–H and O–H groups in total. The molecule has 96 valence electrons. The number of ketones is 1. The second-order valence-electron chi connectivity index (χ2n) is 3.74. The van der Waals surface area contributed by atoms with Gasteiger partial charge in [-0.25, -0.2) is 4.39 Å². The quantitative estimate of drug-likeness (QED) is 0.485. The van der Waals surface area contributed by atoms with Crippen molar-refractivity contribution >= 4 is 11.5 Å². The monoisotopic (exact) mass is 263 g/mol. The van der Waals surface area contributed by atoms with Gasteiger partial charge in [-0.05, 0) is 6.07 Å². The van der Waals surface area contributed by atoms with Gasteiger partial charge in [0, 0.05) is 5.56 Å². The molecule has 0 saturated carbocycles. The Bertz CT molecular complexity index is 656. The van der Waals surface area contributed by atoms with E-state index in [0.717, 1.165) is 0 Å². The van der Waals surface area contributed by atoms with E-state index in [-0.39, 0.29) is 5.56 Å². The van der Waals surface area contributed by atoms with Crippen LogP contribution in [0, 0.1) is 21.7 Å². The maximum Gasteiger partial charge on any atom is 0.307 e. The van der Waals surface area contributed by atoms with E-state index < -0.39 is 33.6 Å². The molecule has 2 aromatic rings. The number of nitro benzene ring substituents is 1. The minimum absolute atomic E-state index is 0.176. The Morgan fingerprint density at radius 1 is 1.05 bits per heavy atom. The number of benzene rings is 2. The summed E-state index contributed by atoms with van der Waals surface area (Å²) >= 11 is 0. The molecule has 0 saturated heterocycles. The van der Waals surface area contributed by atoms with Gasteiger partial charge in [-0.15, -0.1) is 0 Å². The zero-order valence-corrected chi connectivity index (χ0v) is 9.47. The highest BCUT2D eigenvalue weighted by atomic mass is 19.1. The summed E-state index contributed by atoms with van der Waals surface area (Å²) in [6, 6.07) is 8.67. The van der Waals surface area contributed by atoms with Gasteiger partial charge in [0.05, 0.1) is 16.6 Å². The van der Waals surface area contributed by atoms with Crippen LogP contribution in [0.5, 0.6) is 0 Å². The minimum atomic E-state index is -1.24. The van der Waals surface area contributed by atoms with Crippen LogP contribution in [0.25, 0.3) is 0 Å². The molecule has 0 bridgehead atoms. The van der Waals surface area contributed by atoms with E-state index in [2.05, 4.69) is 0 Å². The maximum absolute atomic E-state index is 13.6. The van der Waals surface area contributed by atoms with Crippen molar-refractivity contribution in [3.63, 3.8) is 0 Å². The van der Waals surface area contributed by atoms with Crippen LogP contribution >= 0.6 is 0 Å². The molecular weight excluding hydrogens is 256 g/mol. The molecule has 19 heavy (non-hydrogen) atoms. The number of rotatable bonds is 3. The molecule has 4 nitrogen and oxygen atoms in total. The van der Waals surface area contributed by atoms with Crippen molar-refractivity contribution in [3.05, 3.63) is 75.3 Å². The van der Waals surface area contributed by atoms with Gasteiger partial charge in [0.2, 0.25) is 5.82 Å². The molecule has 2 rings (SSSR count). The number of carbonyl (C=O) groups is 1. The first-order chi connectivity index (χ1) is 9.00. The number of nitrogens with zero attached hydrogens (tertiary/aromatic N) is 1. The molecule has 0 fully saturated rings. The van der Waals surface area contributed by atoms with E-state index in [1.165, 1.54) is 12.1 Å². The van der Waals surface area contributed by atoms with Crippen LogP contribution in [-0.2, 0) is 0 Å². The smallest absolute Gasteiger partial charge is 0.288 e. The predicted octanol–water partition coefficient (Wildman–Crippen LogP) is 3.10. The second-order valence-corrected chi connectivity index (χ2v) is 3.74. The van der Waals surface area contributed by atoms with Crippen LogP contribution < -0.4 is 0 Å². The molecule has 0 radical (unpaired) electrons. The number of hydrogen-bond donors (Lipinski definition) is 0. The Kier molecular flexibility index (Phi) is 3.33. The van der Waals surface area contributed by atoms with Gasteiger partial charge in [0.15, 0.2) is 5.78 Å². The third-order valence-corrected chi connectivity index (χ3v) is 2.51. The van der Waals surface area contributed by atoms with Crippen LogP contribution in [0.2, 0.25) is 0 Å². The second kappa shape index (κ2) is 4.93. The predicted molar refractivity (Wildman–Crippen MR) is 62.9 cm³/mol. The fourth-order valence-electron chi connectivity index (χ4n) is 1.60. The zero-order chi connectivity index (χ0) is 14.0. The van der Waals surface area contributed by atoms with Crippen LogP contribution in [0.1, 0.15) is 15.9 Å². The zero-order valence-electron chi connectivity index (χ0n) is 9.47. The summed E-state index contributed by atoms with van der Waals surface area (Å²) in [5.74, 6) is -3.10. The molecule has 0 aliphatic rings. The third-order valence-electron chi connectivity index (χ3n) is 2.51. The van der Waals surface area contributed by atoms with E-state index in [1.807, 2.05) is 0 Å². The highest BCUT2D eigenvalue weighted by molar-refractivity contribution is 6.09. The molecule has 0 heterocycles. The Morgan fingerprint density at radius 2 is 1.68 bits per heavy atom. The fraction of sp³-hybridized carbons (Fsp3) is 0. The molecule has 0 atom stereocenters. The molecule has 0 spiro atoms. The van der Waals surface area contributed by atoms with Crippen LogP contribution in [0.15, 0.2) is 42.5 Å². The van der Waals surface area contributed by atoms with Crippen LogP contribution in [0.4, 0.5) is 14.5 Å². The summed E-state index contributed by atoms with van der Waals surface area (Å²) in [4.78, 5) is 21.3. The summed E-state index contributed by atoms with van der Waals surface area (Å²) in [7, 11) is 0. The Balaban J connectivity index is 2.50. The first kappa shape index (κ1) is 12.8. The van der Waals surface area contributed by atoms with E-state index in [4.69, 9.17) is 0 Å². The summed E-state index contributed by atoms with van der Waals surface area (Å²) in [6.45, 7) is 0. The summed E-state index contributed by atoms with van der Waals surface area (Å²) in [5, 5.41) is 10.4. The van der Waals surface area contributed by atoms with E-state index in [9.17, 15) is 23.7 Å². The van der Waals surface area contributed by atoms with Crippen molar-refractivity contribution in [1.82, 2.24) is 0 Å². The lowest BCUT2D eigenvalue weighted by molar-refractivity contribution is -0.387. The van der Waals surface area contributed by atoms with Crippen molar-refractivity contribution in [3.8, 4) is 0 Å². The summed E-state index contributed by atoms with van der Waals surface area (Å²) < 4.78 is 27.0. The molecule has 6 heteroatoms. The van der Waals surface area contributed by atoms with Gasteiger partial charge < -0.3 is 0 Å². The van der Waals surface area contributed by atoms with Crippen molar-refractivity contribution in [2.45, 2.75) is 0 Å². The standard InChI is InChI=1S/C13H7F2NO3/c14-10-7-12(16(18)19)11(15)6-9(10)13(17)8-4-2-1-3-5-8/h1-7H. The van der Waals surface area contributed by atoms with Crippen molar-refractivity contribution in [2.24, 2.45) is 0 Å². The lowest BCUT2D eigenvalue weighted by Crippen LogP contribution is -2.06. The molecule has 0 aliphatic heterocycles. The molecular formula is C13H7F2NO3. The normalized spacial score (nSPS) is 10.2. The highest BCUT2D eigenvalue weighted by Crippen LogP contribution is 2.23. The van der Waals surface area contributed by atoms with Crippen LogP contribution in [0.3, 0.4) is 0 Å². The van der Waals surface area contributed by atoms with Crippen molar-refractivity contribution < 1.29 is 18.5 Å². The molecule has 2 aromatic carbocycles. The van der Waals surface area contributed by atoms with Gasteiger partial charge in [-0.2, -0.15) is 4.39 Å². The van der Waals surface area contributed by atoms with E-state index >= 15 is 0 Å². The molecule has 0 aliphatic carbocycles. The lowest BCUT2D eigenvalue weighted by Gasteiger charge is -2.03. The van der Waals surface area contributed by atoms with Gasteiger partial charge in [-0.1, -0.05) is 30.3 Å². The average molecular weight is 263 g/mol. The van der Waals surface area contributed by atoms with Gasteiger partial charge in [0.25, 0.3) is 0 Å². The lowest BCUT2D eigenvalue weighted by atomic mass is 10.0. The molecule has 0 aromatic heterocycles. The van der Waals surface area contributed by atoms with Gasteiger partial charge in [-0.3, -0.25) is 14.9 Å². The molecule has 0 amide bonds. The number of halogens is 2. The summed E-state index contributed by atoms with van der Waals surface area (Å²) in [5.41, 5.74) is -1.36. The topological polar surface area (TPSA) is 60.2 Å². The number of carbonyl (C=O) groups excluding carboxylic acids is 1. The highest BCUT2D eigenvalue weighted by Gasteiger charge is 2.22. The Morgan fingerprint density at radius 3 is 2.26 bits per heavy atom. The maximum atomic E-state index is 13.6. The van der Waals surface area contributed by atoms with Crippen molar-refractivity contribution in [1.29, 1.82) is 0 Å². The third kappa shape index (κ3) is 2.47.